The second kappa shape index (κ2) is 9.66. The number of carboxylic acid groups (broad SMARTS) is 2. The minimum atomic E-state index is -1.38. The lowest BCUT2D eigenvalue weighted by Crippen LogP contribution is -2.58. The molecule has 0 radical (unpaired) electrons. The molecular weight excluding hydrogens is 487 g/mol. The van der Waals surface area contributed by atoms with Crippen LogP contribution in [0.25, 0.3) is 10.9 Å². The number of anilines is 1. The molecule has 12 heteroatoms. The molecule has 200 valence electrons. The van der Waals surface area contributed by atoms with Crippen LogP contribution in [0.15, 0.2) is 17.1 Å². The molecule has 4 rings (SSSR count). The summed E-state index contributed by atoms with van der Waals surface area (Å²) >= 11 is 0. The highest BCUT2D eigenvalue weighted by Crippen LogP contribution is 2.45. The SMILES string of the molecule is COc1c(N2CCC(NC(=O)[C@@H](N)CC(=O)O)C(C)(C)C2)c(F)cc2c(=O)c(C(=O)O)cn(C3CC3)c12. The number of ether oxygens (including phenoxy) is 1. The number of methoxy groups -OCH3 is 1. The Bertz CT molecular complexity index is 1330. The van der Waals surface area contributed by atoms with Crippen molar-refractivity contribution in [2.45, 2.75) is 57.7 Å². The fraction of sp³-hybridized carbons (Fsp3) is 0.520. The number of aromatic nitrogens is 1. The van der Waals surface area contributed by atoms with Gasteiger partial charge in [-0.15, -0.1) is 0 Å². The number of pyridine rings is 1. The van der Waals surface area contributed by atoms with Gasteiger partial charge in [0, 0.05) is 36.8 Å². The van der Waals surface area contributed by atoms with Gasteiger partial charge in [-0.05, 0) is 25.3 Å². The third kappa shape index (κ3) is 4.97. The van der Waals surface area contributed by atoms with Crippen molar-refractivity contribution in [1.82, 2.24) is 9.88 Å². The number of carbonyl (C=O) groups excluding carboxylic acids is 1. The summed E-state index contributed by atoms with van der Waals surface area (Å²) in [6, 6.07) is -0.458. The lowest BCUT2D eigenvalue weighted by molar-refractivity contribution is -0.139. The molecule has 1 aliphatic carbocycles. The summed E-state index contributed by atoms with van der Waals surface area (Å²) < 4.78 is 23.0. The summed E-state index contributed by atoms with van der Waals surface area (Å²) in [5.41, 5.74) is 4.45. The zero-order valence-corrected chi connectivity index (χ0v) is 20.9. The topological polar surface area (TPSA) is 164 Å². The van der Waals surface area contributed by atoms with Crippen LogP contribution in [0.1, 0.15) is 55.9 Å². The van der Waals surface area contributed by atoms with Gasteiger partial charge in [-0.1, -0.05) is 13.8 Å². The standard InChI is InChI=1S/C25H31FN4O7/c1-25(2)11-29(7-6-17(25)28-23(34)16(27)9-18(31)32)20-15(26)8-13-19(22(20)37-3)30(12-4-5-12)10-14(21(13)33)24(35)36/h8,10,12,16-17H,4-7,9,11,27H2,1-3H3,(H,28,34)(H,31,32)(H,35,36)/t16-,17?/m0/s1. The molecule has 2 fully saturated rings. The van der Waals surface area contributed by atoms with Crippen LogP contribution in [0, 0.1) is 11.2 Å². The third-order valence-corrected chi connectivity index (χ3v) is 7.17. The van der Waals surface area contributed by atoms with E-state index in [1.807, 2.05) is 13.8 Å². The van der Waals surface area contributed by atoms with Gasteiger partial charge in [-0.2, -0.15) is 0 Å². The third-order valence-electron chi connectivity index (χ3n) is 7.17. The number of hydrogen-bond donors (Lipinski definition) is 4. The molecule has 1 aromatic heterocycles. The van der Waals surface area contributed by atoms with E-state index in [2.05, 4.69) is 5.32 Å². The summed E-state index contributed by atoms with van der Waals surface area (Å²) in [6.07, 6.45) is 2.84. The van der Waals surface area contributed by atoms with E-state index in [4.69, 9.17) is 15.6 Å². The van der Waals surface area contributed by atoms with Gasteiger partial charge in [0.25, 0.3) is 0 Å². The van der Waals surface area contributed by atoms with Crippen LogP contribution in [-0.4, -0.2) is 64.9 Å². The number of nitrogens with two attached hydrogens (primary N) is 1. The lowest BCUT2D eigenvalue weighted by atomic mass is 9.78. The number of fused-ring (bicyclic) bond motifs is 1. The van der Waals surface area contributed by atoms with Crippen LogP contribution in [0.4, 0.5) is 10.1 Å². The van der Waals surface area contributed by atoms with Crippen molar-refractivity contribution in [3.05, 3.63) is 33.9 Å². The molecular formula is C25H31FN4O7. The van der Waals surface area contributed by atoms with Gasteiger partial charge in [-0.25, -0.2) is 9.18 Å². The van der Waals surface area contributed by atoms with Crippen LogP contribution in [0.3, 0.4) is 0 Å². The van der Waals surface area contributed by atoms with Crippen molar-refractivity contribution >= 4 is 34.4 Å². The number of piperidine rings is 1. The average molecular weight is 519 g/mol. The highest BCUT2D eigenvalue weighted by atomic mass is 19.1. The number of carbonyl (C=O) groups is 3. The zero-order chi connectivity index (χ0) is 27.2. The van der Waals surface area contributed by atoms with Gasteiger partial charge in [0.15, 0.2) is 11.6 Å². The van der Waals surface area contributed by atoms with E-state index in [1.165, 1.54) is 13.3 Å². The fourth-order valence-electron chi connectivity index (χ4n) is 5.10. The quantitative estimate of drug-likeness (QED) is 0.407. The molecule has 1 aliphatic heterocycles. The van der Waals surface area contributed by atoms with E-state index >= 15 is 4.39 Å². The molecule has 2 atom stereocenters. The van der Waals surface area contributed by atoms with Crippen LogP contribution < -0.4 is 26.1 Å². The van der Waals surface area contributed by atoms with Crippen LogP contribution >= 0.6 is 0 Å². The Morgan fingerprint density at radius 3 is 2.49 bits per heavy atom. The number of amides is 1. The minimum Gasteiger partial charge on any atom is -0.492 e. The maximum absolute atomic E-state index is 15.6. The van der Waals surface area contributed by atoms with Crippen LogP contribution in [0.2, 0.25) is 0 Å². The number of benzene rings is 1. The lowest BCUT2D eigenvalue weighted by Gasteiger charge is -2.46. The highest BCUT2D eigenvalue weighted by molar-refractivity contribution is 5.97. The van der Waals surface area contributed by atoms with Gasteiger partial charge in [0.2, 0.25) is 11.3 Å². The molecule has 1 unspecified atom stereocenters. The smallest absolute Gasteiger partial charge is 0.341 e. The summed E-state index contributed by atoms with van der Waals surface area (Å²) in [6.45, 7) is 4.45. The molecule has 0 spiro atoms. The first-order chi connectivity index (χ1) is 17.4. The van der Waals surface area contributed by atoms with Crippen molar-refractivity contribution in [3.63, 3.8) is 0 Å². The van der Waals surface area contributed by atoms with Crippen molar-refractivity contribution in [2.75, 3.05) is 25.1 Å². The molecule has 2 aromatic rings. The zero-order valence-electron chi connectivity index (χ0n) is 20.9. The van der Waals surface area contributed by atoms with E-state index in [0.717, 1.165) is 18.9 Å². The highest BCUT2D eigenvalue weighted by Gasteiger charge is 2.40. The van der Waals surface area contributed by atoms with E-state index in [9.17, 15) is 24.3 Å². The predicted molar refractivity (Wildman–Crippen MR) is 133 cm³/mol. The normalized spacial score (nSPS) is 19.9. The monoisotopic (exact) mass is 518 g/mol. The number of nitrogens with zero attached hydrogens (tertiary/aromatic N) is 2. The first-order valence-corrected chi connectivity index (χ1v) is 12.1. The van der Waals surface area contributed by atoms with Crippen LogP contribution in [-0.2, 0) is 9.59 Å². The largest absolute Gasteiger partial charge is 0.492 e. The molecule has 37 heavy (non-hydrogen) atoms. The van der Waals surface area contributed by atoms with Crippen molar-refractivity contribution in [3.8, 4) is 5.75 Å². The number of hydrogen-bond acceptors (Lipinski definition) is 7. The number of rotatable bonds is 8. The summed E-state index contributed by atoms with van der Waals surface area (Å²) in [7, 11) is 1.38. The van der Waals surface area contributed by atoms with E-state index < -0.39 is 52.5 Å². The Labute approximate surface area is 212 Å². The van der Waals surface area contributed by atoms with Gasteiger partial charge >= 0.3 is 11.9 Å². The van der Waals surface area contributed by atoms with Gasteiger partial charge in [0.1, 0.15) is 11.3 Å². The second-order valence-corrected chi connectivity index (χ2v) is 10.4. The van der Waals surface area contributed by atoms with Crippen molar-refractivity contribution in [2.24, 2.45) is 11.1 Å². The Hall–Kier alpha value is -3.67. The molecule has 11 nitrogen and oxygen atoms in total. The molecule has 0 bridgehead atoms. The van der Waals surface area contributed by atoms with Crippen molar-refractivity contribution in [1.29, 1.82) is 0 Å². The Balaban J connectivity index is 1.72. The Morgan fingerprint density at radius 2 is 1.95 bits per heavy atom. The summed E-state index contributed by atoms with van der Waals surface area (Å²) in [5.74, 6) is -3.67. The van der Waals surface area contributed by atoms with Gasteiger partial charge in [-0.3, -0.25) is 14.4 Å². The van der Waals surface area contributed by atoms with E-state index in [1.54, 1.807) is 9.47 Å². The van der Waals surface area contributed by atoms with Gasteiger partial charge in [0.05, 0.1) is 30.5 Å². The molecule has 2 aliphatic rings. The van der Waals surface area contributed by atoms with Crippen LogP contribution in [0.5, 0.6) is 5.75 Å². The second-order valence-electron chi connectivity index (χ2n) is 10.4. The summed E-state index contributed by atoms with van der Waals surface area (Å²) in [5, 5.41) is 21.2. The van der Waals surface area contributed by atoms with E-state index in [0.29, 0.717) is 25.0 Å². The maximum Gasteiger partial charge on any atom is 0.341 e. The van der Waals surface area contributed by atoms with Crippen molar-refractivity contribution < 1.29 is 33.7 Å². The summed E-state index contributed by atoms with van der Waals surface area (Å²) in [4.78, 5) is 49.7. The van der Waals surface area contributed by atoms with Gasteiger partial charge < -0.3 is 35.5 Å². The predicted octanol–water partition coefficient (Wildman–Crippen LogP) is 1.71. The number of nitrogens with one attached hydrogen (secondary N) is 1. The number of aromatic carboxylic acids is 1. The molecule has 1 saturated carbocycles. The molecule has 1 amide bonds. The molecule has 5 N–H and O–H groups in total. The van der Waals surface area contributed by atoms with E-state index in [-0.39, 0.29) is 28.9 Å². The number of carboxylic acids is 2. The maximum atomic E-state index is 15.6. The fourth-order valence-corrected chi connectivity index (χ4v) is 5.10. The number of aliphatic carboxylic acids is 1. The Kier molecular flexibility index (Phi) is 6.89. The average Bonchev–Trinajstić information content (AvgIpc) is 3.64. The minimum absolute atomic E-state index is 0.0131. The molecule has 1 aromatic carbocycles. The first kappa shape index (κ1) is 26.4. The molecule has 2 heterocycles. The Morgan fingerprint density at radius 1 is 1.27 bits per heavy atom. The molecule has 1 saturated heterocycles. The first-order valence-electron chi connectivity index (χ1n) is 12.1. The number of halogens is 1.